The van der Waals surface area contributed by atoms with Crippen LogP contribution in [-0.4, -0.2) is 48.0 Å². The first-order valence-corrected chi connectivity index (χ1v) is 7.09. The monoisotopic (exact) mass is 266 g/mol. The van der Waals surface area contributed by atoms with Gasteiger partial charge in [0.15, 0.2) is 0 Å². The highest BCUT2D eigenvalue weighted by molar-refractivity contribution is 5.20. The molecule has 0 aromatic carbocycles. The van der Waals surface area contributed by atoms with Gasteiger partial charge in [0.05, 0.1) is 18.3 Å². The molecule has 0 saturated carbocycles. The second-order valence-electron chi connectivity index (χ2n) is 5.55. The smallest absolute Gasteiger partial charge is 0.0641 e. The fraction of sp³-hybridized carbons (Fsp3) is 0.786. The third-order valence-electron chi connectivity index (χ3n) is 4.03. The molecule has 1 saturated heterocycles. The Labute approximate surface area is 115 Å². The van der Waals surface area contributed by atoms with Crippen LogP contribution in [0.2, 0.25) is 0 Å². The van der Waals surface area contributed by atoms with Crippen LogP contribution in [0.1, 0.15) is 30.1 Å². The molecular formula is C14H26N4O. The van der Waals surface area contributed by atoms with Crippen LogP contribution in [0, 0.1) is 12.8 Å². The molecule has 19 heavy (non-hydrogen) atoms. The van der Waals surface area contributed by atoms with E-state index in [1.807, 2.05) is 11.7 Å². The van der Waals surface area contributed by atoms with E-state index in [2.05, 4.69) is 23.1 Å². The van der Waals surface area contributed by atoms with E-state index in [9.17, 15) is 0 Å². The van der Waals surface area contributed by atoms with Gasteiger partial charge in [-0.2, -0.15) is 5.10 Å². The van der Waals surface area contributed by atoms with Crippen molar-refractivity contribution in [2.75, 3.05) is 33.4 Å². The molecule has 0 amide bonds. The van der Waals surface area contributed by atoms with E-state index in [1.54, 1.807) is 7.11 Å². The number of aryl methyl sites for hydroxylation is 2. The van der Waals surface area contributed by atoms with Crippen LogP contribution in [0.15, 0.2) is 6.20 Å². The molecule has 0 bridgehead atoms. The van der Waals surface area contributed by atoms with E-state index in [1.165, 1.54) is 18.4 Å². The maximum absolute atomic E-state index is 6.02. The lowest BCUT2D eigenvalue weighted by atomic mass is 9.95. The summed E-state index contributed by atoms with van der Waals surface area (Å²) in [7, 11) is 3.75. The topological polar surface area (TPSA) is 56.3 Å². The molecule has 1 aromatic rings. The molecule has 2 unspecified atom stereocenters. The van der Waals surface area contributed by atoms with Crippen molar-refractivity contribution in [3.8, 4) is 0 Å². The molecule has 2 heterocycles. The highest BCUT2D eigenvalue weighted by Gasteiger charge is 2.27. The van der Waals surface area contributed by atoms with Crippen molar-refractivity contribution < 1.29 is 4.74 Å². The molecule has 2 rings (SSSR count). The van der Waals surface area contributed by atoms with Crippen molar-refractivity contribution in [3.63, 3.8) is 0 Å². The second kappa shape index (κ2) is 6.50. The number of nitrogens with two attached hydrogens (primary N) is 1. The number of hydrogen-bond acceptors (Lipinski definition) is 4. The largest absolute Gasteiger partial charge is 0.384 e. The Morgan fingerprint density at radius 1 is 1.58 bits per heavy atom. The molecule has 108 valence electrons. The summed E-state index contributed by atoms with van der Waals surface area (Å²) in [5, 5.41) is 4.44. The van der Waals surface area contributed by atoms with Gasteiger partial charge in [0.25, 0.3) is 0 Å². The first-order valence-electron chi connectivity index (χ1n) is 7.09. The van der Waals surface area contributed by atoms with Gasteiger partial charge in [-0.25, -0.2) is 0 Å². The molecule has 1 aliphatic rings. The molecular weight excluding hydrogens is 240 g/mol. The number of hydrogen-bond donors (Lipinski definition) is 1. The first kappa shape index (κ1) is 14.5. The van der Waals surface area contributed by atoms with Crippen LogP contribution in [0.25, 0.3) is 0 Å². The minimum Gasteiger partial charge on any atom is -0.384 e. The minimum atomic E-state index is 0.286. The Balaban J connectivity index is 2.10. The number of aromatic nitrogens is 2. The predicted molar refractivity (Wildman–Crippen MR) is 75.9 cm³/mol. The fourth-order valence-corrected chi connectivity index (χ4v) is 3.17. The van der Waals surface area contributed by atoms with Gasteiger partial charge in [-0.15, -0.1) is 0 Å². The minimum absolute atomic E-state index is 0.286. The summed E-state index contributed by atoms with van der Waals surface area (Å²) in [5.41, 5.74) is 8.38. The molecule has 1 fully saturated rings. The summed E-state index contributed by atoms with van der Waals surface area (Å²) in [6.07, 6.45) is 4.59. The summed E-state index contributed by atoms with van der Waals surface area (Å²) in [6.45, 7) is 5.75. The van der Waals surface area contributed by atoms with E-state index in [0.717, 1.165) is 25.4 Å². The van der Waals surface area contributed by atoms with Gasteiger partial charge < -0.3 is 10.5 Å². The highest BCUT2D eigenvalue weighted by Crippen LogP contribution is 2.27. The van der Waals surface area contributed by atoms with Crippen LogP contribution in [-0.2, 0) is 11.8 Å². The lowest BCUT2D eigenvalue weighted by Crippen LogP contribution is -2.42. The number of ether oxygens (including phenoxy) is 1. The van der Waals surface area contributed by atoms with Crippen molar-refractivity contribution in [3.05, 3.63) is 17.5 Å². The van der Waals surface area contributed by atoms with Gasteiger partial charge in [-0.3, -0.25) is 9.58 Å². The lowest BCUT2D eigenvalue weighted by molar-refractivity contribution is 0.0695. The Hall–Kier alpha value is -0.910. The van der Waals surface area contributed by atoms with Crippen molar-refractivity contribution >= 4 is 0 Å². The molecule has 0 radical (unpaired) electrons. The molecule has 5 nitrogen and oxygen atoms in total. The van der Waals surface area contributed by atoms with E-state index < -0.39 is 0 Å². The Morgan fingerprint density at radius 3 is 2.95 bits per heavy atom. The number of rotatable bonds is 5. The van der Waals surface area contributed by atoms with Crippen LogP contribution < -0.4 is 5.73 Å². The van der Waals surface area contributed by atoms with Crippen molar-refractivity contribution in [1.82, 2.24) is 14.7 Å². The van der Waals surface area contributed by atoms with Gasteiger partial charge in [0.1, 0.15) is 0 Å². The third-order valence-corrected chi connectivity index (χ3v) is 4.03. The average molecular weight is 266 g/mol. The lowest BCUT2D eigenvalue weighted by Gasteiger charge is -2.37. The highest BCUT2D eigenvalue weighted by atomic mass is 16.5. The van der Waals surface area contributed by atoms with Gasteiger partial charge in [0, 0.05) is 39.0 Å². The van der Waals surface area contributed by atoms with E-state index in [0.29, 0.717) is 12.5 Å². The number of likely N-dealkylation sites (tertiary alicyclic amines) is 1. The van der Waals surface area contributed by atoms with Crippen molar-refractivity contribution in [2.24, 2.45) is 18.7 Å². The summed E-state index contributed by atoms with van der Waals surface area (Å²) >= 11 is 0. The first-order chi connectivity index (χ1) is 9.15. The fourth-order valence-electron chi connectivity index (χ4n) is 3.17. The zero-order valence-corrected chi connectivity index (χ0v) is 12.3. The summed E-state index contributed by atoms with van der Waals surface area (Å²) < 4.78 is 7.18. The van der Waals surface area contributed by atoms with Crippen LogP contribution in [0.3, 0.4) is 0 Å². The maximum atomic E-state index is 6.02. The normalized spacial score (nSPS) is 22.6. The summed E-state index contributed by atoms with van der Waals surface area (Å²) in [4.78, 5) is 2.50. The standard InChI is InChI=1S/C14H26N4O/c1-11-13(9-17(2)16-11)14(7-15)18-6-4-5-12(8-18)10-19-3/h9,12,14H,4-8,10,15H2,1-3H3. The Morgan fingerprint density at radius 2 is 2.37 bits per heavy atom. The predicted octanol–water partition coefficient (Wildman–Crippen LogP) is 1.09. The van der Waals surface area contributed by atoms with E-state index in [4.69, 9.17) is 10.5 Å². The zero-order chi connectivity index (χ0) is 13.8. The van der Waals surface area contributed by atoms with Gasteiger partial charge >= 0.3 is 0 Å². The molecule has 0 aliphatic carbocycles. The second-order valence-corrected chi connectivity index (χ2v) is 5.55. The van der Waals surface area contributed by atoms with Crippen molar-refractivity contribution in [2.45, 2.75) is 25.8 Å². The van der Waals surface area contributed by atoms with Gasteiger partial charge in [-0.1, -0.05) is 0 Å². The van der Waals surface area contributed by atoms with E-state index in [-0.39, 0.29) is 6.04 Å². The van der Waals surface area contributed by atoms with Crippen LogP contribution in [0.5, 0.6) is 0 Å². The quantitative estimate of drug-likeness (QED) is 0.866. The molecule has 2 N–H and O–H groups in total. The van der Waals surface area contributed by atoms with Crippen LogP contribution in [0.4, 0.5) is 0 Å². The van der Waals surface area contributed by atoms with Crippen molar-refractivity contribution in [1.29, 1.82) is 0 Å². The SMILES string of the molecule is COCC1CCCN(C(CN)c2cn(C)nc2C)C1. The number of methoxy groups -OCH3 is 1. The summed E-state index contributed by atoms with van der Waals surface area (Å²) in [6, 6.07) is 0.286. The average Bonchev–Trinajstić information content (AvgIpc) is 2.71. The zero-order valence-electron chi connectivity index (χ0n) is 12.3. The molecule has 1 aliphatic heterocycles. The van der Waals surface area contributed by atoms with Gasteiger partial charge in [-0.05, 0) is 32.2 Å². The molecule has 5 heteroatoms. The molecule has 1 aromatic heterocycles. The van der Waals surface area contributed by atoms with E-state index >= 15 is 0 Å². The Bertz CT molecular complexity index is 402. The van der Waals surface area contributed by atoms with Crippen LogP contribution >= 0.6 is 0 Å². The molecule has 0 spiro atoms. The number of piperidine rings is 1. The van der Waals surface area contributed by atoms with Gasteiger partial charge in [0.2, 0.25) is 0 Å². The number of nitrogens with zero attached hydrogens (tertiary/aromatic N) is 3. The summed E-state index contributed by atoms with van der Waals surface area (Å²) in [5.74, 6) is 0.629. The third kappa shape index (κ3) is 3.35. The molecule has 2 atom stereocenters. The Kier molecular flexibility index (Phi) is 4.96. The maximum Gasteiger partial charge on any atom is 0.0641 e.